The third-order valence-electron chi connectivity index (χ3n) is 4.47. The van der Waals surface area contributed by atoms with Crippen LogP contribution in [0, 0.1) is 11.7 Å². The normalized spacial score (nSPS) is 15.6. The number of halogens is 1. The first kappa shape index (κ1) is 21.6. The molecule has 29 heavy (non-hydrogen) atoms. The molecular formula is C20H27FN4O3S. The van der Waals surface area contributed by atoms with E-state index in [0.29, 0.717) is 61.2 Å². The Morgan fingerprint density at radius 3 is 2.55 bits per heavy atom. The van der Waals surface area contributed by atoms with E-state index < -0.39 is 0 Å². The topological polar surface area (TPSA) is 69.5 Å². The van der Waals surface area contributed by atoms with Gasteiger partial charge >= 0.3 is 0 Å². The molecular weight excluding hydrogens is 395 g/mol. The Morgan fingerprint density at radius 1 is 1.21 bits per heavy atom. The largest absolute Gasteiger partial charge is 0.483 e. The summed E-state index contributed by atoms with van der Waals surface area (Å²) in [6.45, 7) is 9.26. The van der Waals surface area contributed by atoms with Gasteiger partial charge in [0.25, 0.3) is 0 Å². The van der Waals surface area contributed by atoms with E-state index in [1.165, 1.54) is 23.9 Å². The summed E-state index contributed by atoms with van der Waals surface area (Å²) in [5.41, 5.74) is 0. The molecule has 7 nitrogen and oxygen atoms in total. The average molecular weight is 423 g/mol. The SMILES string of the molecule is CC(C)Cn1c(SCC(=O)N2CCOCC2)nnc1C(C)Oc1ccc(F)cc1. The zero-order chi connectivity index (χ0) is 20.8. The molecule has 9 heteroatoms. The molecule has 1 aliphatic heterocycles. The summed E-state index contributed by atoms with van der Waals surface area (Å²) >= 11 is 1.39. The van der Waals surface area contributed by atoms with Crippen molar-refractivity contribution in [2.24, 2.45) is 5.92 Å². The molecule has 1 aromatic carbocycles. The van der Waals surface area contributed by atoms with Crippen LogP contribution in [0.15, 0.2) is 29.4 Å². The highest BCUT2D eigenvalue weighted by atomic mass is 32.2. The highest BCUT2D eigenvalue weighted by Gasteiger charge is 2.22. The van der Waals surface area contributed by atoms with Crippen LogP contribution in [0.1, 0.15) is 32.7 Å². The number of aromatic nitrogens is 3. The first-order chi connectivity index (χ1) is 13.9. The van der Waals surface area contributed by atoms with Gasteiger partial charge in [0.15, 0.2) is 17.1 Å². The second-order valence-corrected chi connectivity index (χ2v) is 8.28. The third kappa shape index (κ3) is 5.93. The fourth-order valence-corrected chi connectivity index (χ4v) is 3.90. The predicted octanol–water partition coefficient (Wildman–Crippen LogP) is 3.16. The van der Waals surface area contributed by atoms with Gasteiger partial charge in [-0.15, -0.1) is 10.2 Å². The number of rotatable bonds is 8. The van der Waals surface area contributed by atoms with Crippen molar-refractivity contribution in [1.29, 1.82) is 0 Å². The lowest BCUT2D eigenvalue weighted by Crippen LogP contribution is -2.41. The number of carbonyl (C=O) groups is 1. The first-order valence-corrected chi connectivity index (χ1v) is 10.8. The predicted molar refractivity (Wildman–Crippen MR) is 108 cm³/mol. The maximum absolute atomic E-state index is 13.1. The number of amides is 1. The summed E-state index contributed by atoms with van der Waals surface area (Å²) in [5.74, 6) is 1.70. The number of ether oxygens (including phenoxy) is 2. The van der Waals surface area contributed by atoms with Crippen LogP contribution in [0.25, 0.3) is 0 Å². The number of thioether (sulfide) groups is 1. The van der Waals surface area contributed by atoms with Crippen LogP contribution in [0.4, 0.5) is 4.39 Å². The Kier molecular flexibility index (Phi) is 7.49. The minimum absolute atomic E-state index is 0.0783. The molecule has 0 bridgehead atoms. The second-order valence-electron chi connectivity index (χ2n) is 7.34. The molecule has 1 amide bonds. The average Bonchev–Trinajstić information content (AvgIpc) is 3.10. The highest BCUT2D eigenvalue weighted by Crippen LogP contribution is 2.26. The number of nitrogens with zero attached hydrogens (tertiary/aromatic N) is 4. The second kappa shape index (κ2) is 10.1. The Labute approximate surface area is 174 Å². The molecule has 0 spiro atoms. The summed E-state index contributed by atoms with van der Waals surface area (Å²) in [6.07, 6.45) is -0.365. The Morgan fingerprint density at radius 2 is 1.90 bits per heavy atom. The van der Waals surface area contributed by atoms with Crippen molar-refractivity contribution < 1.29 is 18.7 Å². The Hall–Kier alpha value is -2.13. The summed E-state index contributed by atoms with van der Waals surface area (Å²) in [7, 11) is 0. The molecule has 0 radical (unpaired) electrons. The van der Waals surface area contributed by atoms with Gasteiger partial charge in [0.2, 0.25) is 5.91 Å². The van der Waals surface area contributed by atoms with Gasteiger partial charge in [-0.3, -0.25) is 4.79 Å². The van der Waals surface area contributed by atoms with E-state index in [4.69, 9.17) is 9.47 Å². The van der Waals surface area contributed by atoms with Gasteiger partial charge in [0.1, 0.15) is 11.6 Å². The van der Waals surface area contributed by atoms with Gasteiger partial charge in [-0.05, 0) is 37.1 Å². The van der Waals surface area contributed by atoms with Gasteiger partial charge < -0.3 is 18.9 Å². The van der Waals surface area contributed by atoms with Crippen LogP contribution in [-0.2, 0) is 16.1 Å². The molecule has 0 saturated carbocycles. The number of carbonyl (C=O) groups excluding carboxylic acids is 1. The van der Waals surface area contributed by atoms with Gasteiger partial charge in [-0.2, -0.15) is 0 Å². The lowest BCUT2D eigenvalue weighted by Gasteiger charge is -2.26. The molecule has 1 atom stereocenters. The van der Waals surface area contributed by atoms with Crippen molar-refractivity contribution in [1.82, 2.24) is 19.7 Å². The van der Waals surface area contributed by atoms with Crippen LogP contribution in [-0.4, -0.2) is 57.6 Å². The van der Waals surface area contributed by atoms with Crippen molar-refractivity contribution in [3.8, 4) is 5.75 Å². The molecule has 2 heterocycles. The zero-order valence-electron chi connectivity index (χ0n) is 17.0. The van der Waals surface area contributed by atoms with Crippen LogP contribution in [0.3, 0.4) is 0 Å². The minimum atomic E-state index is -0.365. The summed E-state index contributed by atoms with van der Waals surface area (Å²) < 4.78 is 26.4. The Bertz CT molecular complexity index is 807. The first-order valence-electron chi connectivity index (χ1n) is 9.77. The van der Waals surface area contributed by atoms with E-state index in [9.17, 15) is 9.18 Å². The van der Waals surface area contributed by atoms with Crippen molar-refractivity contribution in [2.45, 2.75) is 38.6 Å². The Balaban J connectivity index is 1.69. The van der Waals surface area contributed by atoms with Gasteiger partial charge in [0.05, 0.1) is 19.0 Å². The van der Waals surface area contributed by atoms with Crippen LogP contribution < -0.4 is 4.74 Å². The van der Waals surface area contributed by atoms with Crippen molar-refractivity contribution >= 4 is 17.7 Å². The van der Waals surface area contributed by atoms with Crippen molar-refractivity contribution in [3.05, 3.63) is 35.9 Å². The van der Waals surface area contributed by atoms with E-state index in [1.807, 2.05) is 16.4 Å². The molecule has 158 valence electrons. The third-order valence-corrected chi connectivity index (χ3v) is 5.42. The van der Waals surface area contributed by atoms with Crippen LogP contribution >= 0.6 is 11.8 Å². The zero-order valence-corrected chi connectivity index (χ0v) is 17.8. The van der Waals surface area contributed by atoms with Crippen LogP contribution in [0.2, 0.25) is 0 Å². The molecule has 3 rings (SSSR count). The lowest BCUT2D eigenvalue weighted by molar-refractivity contribution is -0.132. The maximum Gasteiger partial charge on any atom is 0.233 e. The summed E-state index contributed by atoms with van der Waals surface area (Å²) in [5, 5.41) is 9.32. The van der Waals surface area contributed by atoms with Crippen molar-refractivity contribution in [2.75, 3.05) is 32.1 Å². The number of morpholine rings is 1. The van der Waals surface area contributed by atoms with E-state index in [0.717, 1.165) is 0 Å². The van der Waals surface area contributed by atoms with Crippen molar-refractivity contribution in [3.63, 3.8) is 0 Å². The molecule has 1 aromatic heterocycles. The number of hydrogen-bond acceptors (Lipinski definition) is 6. The molecule has 1 aliphatic rings. The minimum Gasteiger partial charge on any atom is -0.483 e. The standard InChI is InChI=1S/C20H27FN4O3S/c1-14(2)12-25-19(15(3)28-17-6-4-16(21)5-7-17)22-23-20(25)29-13-18(26)24-8-10-27-11-9-24/h4-7,14-15H,8-13H2,1-3H3. The quantitative estimate of drug-likeness (QED) is 0.609. The van der Waals surface area contributed by atoms with Gasteiger partial charge in [-0.1, -0.05) is 25.6 Å². The van der Waals surface area contributed by atoms with E-state index >= 15 is 0 Å². The monoisotopic (exact) mass is 422 g/mol. The summed E-state index contributed by atoms with van der Waals surface area (Å²) in [4.78, 5) is 14.3. The lowest BCUT2D eigenvalue weighted by atomic mass is 10.2. The number of benzene rings is 1. The van der Waals surface area contributed by atoms with E-state index in [-0.39, 0.29) is 17.8 Å². The van der Waals surface area contributed by atoms with Gasteiger partial charge in [-0.25, -0.2) is 4.39 Å². The fraction of sp³-hybridized carbons (Fsp3) is 0.550. The van der Waals surface area contributed by atoms with Gasteiger partial charge in [0, 0.05) is 19.6 Å². The molecule has 0 aliphatic carbocycles. The highest BCUT2D eigenvalue weighted by molar-refractivity contribution is 7.99. The fourth-order valence-electron chi connectivity index (χ4n) is 3.04. The molecule has 1 saturated heterocycles. The number of hydrogen-bond donors (Lipinski definition) is 0. The maximum atomic E-state index is 13.1. The molecule has 1 unspecified atom stereocenters. The molecule has 0 N–H and O–H groups in total. The van der Waals surface area contributed by atoms with Crippen LogP contribution in [0.5, 0.6) is 5.75 Å². The van der Waals surface area contributed by atoms with E-state index in [1.54, 1.807) is 12.1 Å². The summed E-state index contributed by atoms with van der Waals surface area (Å²) in [6, 6.07) is 5.90. The van der Waals surface area contributed by atoms with E-state index in [2.05, 4.69) is 24.0 Å². The molecule has 1 fully saturated rings. The smallest absolute Gasteiger partial charge is 0.233 e. The molecule has 2 aromatic rings.